The number of nitrogens with two attached hydrogens (primary N) is 1. The van der Waals surface area contributed by atoms with Gasteiger partial charge in [0.15, 0.2) is 0 Å². The largest absolute Gasteiger partial charge is 0.340 e. The highest BCUT2D eigenvalue weighted by atomic mass is 32.1. The van der Waals surface area contributed by atoms with Gasteiger partial charge in [-0.2, -0.15) is 4.98 Å². The van der Waals surface area contributed by atoms with Gasteiger partial charge in [0.1, 0.15) is 0 Å². The maximum Gasteiger partial charge on any atom is 0.241 e. The summed E-state index contributed by atoms with van der Waals surface area (Å²) in [6, 6.07) is 4.16. The van der Waals surface area contributed by atoms with Gasteiger partial charge in [-0.05, 0) is 30.7 Å². The summed E-state index contributed by atoms with van der Waals surface area (Å²) in [5.41, 5.74) is 5.94. The zero-order chi connectivity index (χ0) is 17.2. The molecule has 8 heteroatoms. The van der Waals surface area contributed by atoms with E-state index in [2.05, 4.69) is 15.0 Å². The molecular formula is C17H23N5O2S. The fourth-order valence-electron chi connectivity index (χ4n) is 3.64. The van der Waals surface area contributed by atoms with Crippen LogP contribution in [0.4, 0.5) is 0 Å². The summed E-state index contributed by atoms with van der Waals surface area (Å²) < 4.78 is 5.37. The van der Waals surface area contributed by atoms with Crippen LogP contribution in [0.25, 0.3) is 10.7 Å². The van der Waals surface area contributed by atoms with Crippen molar-refractivity contribution >= 4 is 17.2 Å². The molecule has 1 aliphatic carbocycles. The van der Waals surface area contributed by atoms with Gasteiger partial charge in [0.2, 0.25) is 17.6 Å². The Hall–Kier alpha value is -1.77. The molecule has 0 spiro atoms. The first-order chi connectivity index (χ1) is 12.2. The Morgan fingerprint density at radius 1 is 1.32 bits per heavy atom. The normalized spacial score (nSPS) is 24.8. The Labute approximate surface area is 150 Å². The van der Waals surface area contributed by atoms with E-state index in [1.165, 1.54) is 0 Å². The first-order valence-electron chi connectivity index (χ1n) is 8.82. The van der Waals surface area contributed by atoms with Crippen LogP contribution in [0, 0.1) is 5.92 Å². The topological polar surface area (TPSA) is 88.5 Å². The van der Waals surface area contributed by atoms with Gasteiger partial charge in [0.05, 0.1) is 11.4 Å². The summed E-state index contributed by atoms with van der Waals surface area (Å²) in [5, 5.41) is 6.05. The summed E-state index contributed by atoms with van der Waals surface area (Å²) in [6.07, 6.45) is 2.75. The molecule has 0 aromatic carbocycles. The van der Waals surface area contributed by atoms with Crippen LogP contribution in [0.1, 0.15) is 25.2 Å². The highest BCUT2D eigenvalue weighted by Gasteiger charge is 2.32. The van der Waals surface area contributed by atoms with Crippen LogP contribution in [0.3, 0.4) is 0 Å². The predicted molar refractivity (Wildman–Crippen MR) is 94.8 cm³/mol. The van der Waals surface area contributed by atoms with E-state index in [4.69, 9.17) is 10.3 Å². The van der Waals surface area contributed by atoms with Crippen molar-refractivity contribution in [1.82, 2.24) is 19.9 Å². The summed E-state index contributed by atoms with van der Waals surface area (Å²) in [7, 11) is 0. The number of nitrogens with zero attached hydrogens (tertiary/aromatic N) is 4. The minimum absolute atomic E-state index is 0.130. The van der Waals surface area contributed by atoms with E-state index < -0.39 is 0 Å². The number of carbonyl (C=O) groups excluding carboxylic acids is 1. The lowest BCUT2D eigenvalue weighted by Crippen LogP contribution is -2.49. The number of piperazine rings is 1. The van der Waals surface area contributed by atoms with Crippen molar-refractivity contribution in [2.24, 2.45) is 11.7 Å². The molecule has 4 rings (SSSR count). The lowest BCUT2D eigenvalue weighted by molar-refractivity contribution is -0.137. The van der Waals surface area contributed by atoms with E-state index in [1.807, 2.05) is 22.4 Å². The molecule has 2 N–H and O–H groups in total. The Morgan fingerprint density at radius 3 is 2.84 bits per heavy atom. The molecule has 0 bridgehead atoms. The molecule has 7 nitrogen and oxygen atoms in total. The van der Waals surface area contributed by atoms with Crippen molar-refractivity contribution in [2.45, 2.75) is 31.8 Å². The third-order valence-electron chi connectivity index (χ3n) is 5.07. The predicted octanol–water partition coefficient (Wildman–Crippen LogP) is 1.57. The van der Waals surface area contributed by atoms with E-state index in [1.54, 1.807) is 11.3 Å². The van der Waals surface area contributed by atoms with Crippen molar-refractivity contribution in [3.05, 3.63) is 23.4 Å². The SMILES string of the molecule is NC1CCC(C(=O)N2CCN(Cc3nc(-c4cccs4)no3)CC2)C1. The first kappa shape index (κ1) is 16.7. The van der Waals surface area contributed by atoms with E-state index in [0.29, 0.717) is 18.3 Å². The molecule has 2 aliphatic rings. The van der Waals surface area contributed by atoms with Gasteiger partial charge < -0.3 is 15.2 Å². The maximum atomic E-state index is 12.6. The first-order valence-corrected chi connectivity index (χ1v) is 9.70. The molecule has 1 aliphatic heterocycles. The molecule has 1 saturated carbocycles. The minimum atomic E-state index is 0.130. The van der Waals surface area contributed by atoms with Gasteiger partial charge >= 0.3 is 0 Å². The van der Waals surface area contributed by atoms with Gasteiger partial charge in [0.25, 0.3) is 0 Å². The second-order valence-corrected chi connectivity index (χ2v) is 7.81. The van der Waals surface area contributed by atoms with Crippen LogP contribution in [0.15, 0.2) is 22.0 Å². The third kappa shape index (κ3) is 3.75. The van der Waals surface area contributed by atoms with Crippen LogP contribution >= 0.6 is 11.3 Å². The van der Waals surface area contributed by atoms with Crippen LogP contribution in [-0.2, 0) is 11.3 Å². The Bertz CT molecular complexity index is 708. The van der Waals surface area contributed by atoms with Crippen LogP contribution in [0.2, 0.25) is 0 Å². The minimum Gasteiger partial charge on any atom is -0.340 e. The molecule has 1 amide bonds. The van der Waals surface area contributed by atoms with Gasteiger partial charge in [0, 0.05) is 38.1 Å². The number of carbonyl (C=O) groups is 1. The smallest absolute Gasteiger partial charge is 0.241 e. The van der Waals surface area contributed by atoms with Gasteiger partial charge in [-0.3, -0.25) is 9.69 Å². The van der Waals surface area contributed by atoms with Gasteiger partial charge in [-0.25, -0.2) is 0 Å². The van der Waals surface area contributed by atoms with E-state index >= 15 is 0 Å². The van der Waals surface area contributed by atoms with E-state index in [9.17, 15) is 4.79 Å². The summed E-state index contributed by atoms with van der Waals surface area (Å²) in [5.74, 6) is 1.69. The van der Waals surface area contributed by atoms with Crippen molar-refractivity contribution in [1.29, 1.82) is 0 Å². The standard InChI is InChI=1S/C17H23N5O2S/c18-13-4-3-12(10-13)17(23)22-7-5-21(6-8-22)11-15-19-16(20-24-15)14-2-1-9-25-14/h1-2,9,12-13H,3-8,10-11,18H2. The molecule has 2 atom stereocenters. The Morgan fingerprint density at radius 2 is 2.16 bits per heavy atom. The average Bonchev–Trinajstić information content (AvgIpc) is 3.36. The number of amides is 1. The zero-order valence-corrected chi connectivity index (χ0v) is 15.0. The lowest BCUT2D eigenvalue weighted by Gasteiger charge is -2.35. The fraction of sp³-hybridized carbons (Fsp3) is 0.588. The number of rotatable bonds is 4. The third-order valence-corrected chi connectivity index (χ3v) is 5.94. The number of thiophene rings is 1. The monoisotopic (exact) mass is 361 g/mol. The highest BCUT2D eigenvalue weighted by Crippen LogP contribution is 2.26. The Balaban J connectivity index is 1.28. The van der Waals surface area contributed by atoms with Crippen molar-refractivity contribution < 1.29 is 9.32 Å². The second-order valence-electron chi connectivity index (χ2n) is 6.86. The van der Waals surface area contributed by atoms with Gasteiger partial charge in [-0.15, -0.1) is 11.3 Å². The Kier molecular flexibility index (Phi) is 4.82. The van der Waals surface area contributed by atoms with E-state index in [0.717, 1.165) is 50.3 Å². The molecule has 2 fully saturated rings. The molecule has 0 radical (unpaired) electrons. The summed E-state index contributed by atoms with van der Waals surface area (Å²) >= 11 is 1.60. The van der Waals surface area contributed by atoms with Crippen molar-refractivity contribution in [3.63, 3.8) is 0 Å². The number of hydrogen-bond donors (Lipinski definition) is 1. The highest BCUT2D eigenvalue weighted by molar-refractivity contribution is 7.13. The second kappa shape index (κ2) is 7.23. The van der Waals surface area contributed by atoms with E-state index in [-0.39, 0.29) is 17.9 Å². The molecule has 1 saturated heterocycles. The molecule has 134 valence electrons. The zero-order valence-electron chi connectivity index (χ0n) is 14.1. The molecular weight excluding hydrogens is 338 g/mol. The average molecular weight is 361 g/mol. The fourth-order valence-corrected chi connectivity index (χ4v) is 4.29. The van der Waals surface area contributed by atoms with Crippen LogP contribution in [-0.4, -0.2) is 58.1 Å². The molecule has 2 unspecified atom stereocenters. The molecule has 2 aromatic rings. The van der Waals surface area contributed by atoms with Crippen molar-refractivity contribution in [3.8, 4) is 10.7 Å². The van der Waals surface area contributed by atoms with Crippen LogP contribution < -0.4 is 5.73 Å². The lowest BCUT2D eigenvalue weighted by atomic mass is 10.1. The summed E-state index contributed by atoms with van der Waals surface area (Å²) in [6.45, 7) is 3.82. The molecule has 25 heavy (non-hydrogen) atoms. The molecule has 3 heterocycles. The quantitative estimate of drug-likeness (QED) is 0.889. The van der Waals surface area contributed by atoms with Crippen molar-refractivity contribution in [2.75, 3.05) is 26.2 Å². The summed E-state index contributed by atoms with van der Waals surface area (Å²) in [4.78, 5) is 22.3. The molecule has 2 aromatic heterocycles. The van der Waals surface area contributed by atoms with Gasteiger partial charge in [-0.1, -0.05) is 11.2 Å². The number of hydrogen-bond acceptors (Lipinski definition) is 7. The maximum absolute atomic E-state index is 12.6. The van der Waals surface area contributed by atoms with Crippen LogP contribution in [0.5, 0.6) is 0 Å². The number of aromatic nitrogens is 2.